The molecule has 2 rings (SSSR count). The molecular formula is C14H20N2O2S. The minimum absolute atomic E-state index is 0.0919. The van der Waals surface area contributed by atoms with Crippen molar-refractivity contribution >= 4 is 17.7 Å². The van der Waals surface area contributed by atoms with Gasteiger partial charge in [0, 0.05) is 17.4 Å². The van der Waals surface area contributed by atoms with E-state index in [1.54, 1.807) is 18.9 Å². The molecule has 0 aromatic heterocycles. The van der Waals surface area contributed by atoms with E-state index in [4.69, 9.17) is 4.74 Å². The highest BCUT2D eigenvalue weighted by atomic mass is 32.2. The number of methoxy groups -OCH3 is 1. The summed E-state index contributed by atoms with van der Waals surface area (Å²) in [6, 6.07) is 8.05. The van der Waals surface area contributed by atoms with Gasteiger partial charge in [0.2, 0.25) is 5.91 Å². The van der Waals surface area contributed by atoms with Crippen LogP contribution >= 0.6 is 11.8 Å². The number of hydrogen-bond acceptors (Lipinski definition) is 4. The summed E-state index contributed by atoms with van der Waals surface area (Å²) in [5, 5.41) is 3.27. The molecule has 1 amide bonds. The Hall–Kier alpha value is -1.20. The van der Waals surface area contributed by atoms with Crippen LogP contribution in [0, 0.1) is 0 Å². The van der Waals surface area contributed by atoms with Crippen LogP contribution in [0.15, 0.2) is 24.3 Å². The molecule has 104 valence electrons. The SMILES string of the molecule is COc1ccccc1C1NCC(=O)N1C(C)CSC. The third-order valence-electron chi connectivity index (χ3n) is 3.33. The van der Waals surface area contributed by atoms with E-state index in [0.717, 1.165) is 17.1 Å². The molecule has 0 spiro atoms. The minimum Gasteiger partial charge on any atom is -0.496 e. The maximum Gasteiger partial charge on any atom is 0.238 e. The number of benzene rings is 1. The third kappa shape index (κ3) is 2.87. The molecule has 0 bridgehead atoms. The number of para-hydroxylation sites is 1. The Morgan fingerprint density at radius 3 is 2.95 bits per heavy atom. The first-order valence-electron chi connectivity index (χ1n) is 6.35. The lowest BCUT2D eigenvalue weighted by molar-refractivity contribution is -0.129. The van der Waals surface area contributed by atoms with Crippen LogP contribution in [0.5, 0.6) is 5.75 Å². The smallest absolute Gasteiger partial charge is 0.238 e. The van der Waals surface area contributed by atoms with Gasteiger partial charge in [-0.1, -0.05) is 18.2 Å². The van der Waals surface area contributed by atoms with Gasteiger partial charge in [0.1, 0.15) is 11.9 Å². The number of thioether (sulfide) groups is 1. The van der Waals surface area contributed by atoms with Gasteiger partial charge >= 0.3 is 0 Å². The highest BCUT2D eigenvalue weighted by Gasteiger charge is 2.35. The van der Waals surface area contributed by atoms with Crippen molar-refractivity contribution < 1.29 is 9.53 Å². The Morgan fingerprint density at radius 1 is 1.53 bits per heavy atom. The Bertz CT molecular complexity index is 453. The highest BCUT2D eigenvalue weighted by Crippen LogP contribution is 2.31. The van der Waals surface area contributed by atoms with Crippen molar-refractivity contribution in [3.8, 4) is 5.75 Å². The summed E-state index contributed by atoms with van der Waals surface area (Å²) in [6.45, 7) is 2.48. The molecule has 1 aliphatic rings. The maximum atomic E-state index is 12.1. The van der Waals surface area contributed by atoms with Gasteiger partial charge < -0.3 is 9.64 Å². The zero-order valence-corrected chi connectivity index (χ0v) is 12.4. The molecule has 2 atom stereocenters. The standard InChI is InChI=1S/C14H20N2O2S/c1-10(9-19-3)16-13(17)8-15-14(16)11-6-4-5-7-12(11)18-2/h4-7,10,14-15H,8-9H2,1-3H3. The van der Waals surface area contributed by atoms with Gasteiger partial charge in [0.25, 0.3) is 0 Å². The zero-order valence-electron chi connectivity index (χ0n) is 11.6. The van der Waals surface area contributed by atoms with Crippen molar-refractivity contribution in [2.75, 3.05) is 25.7 Å². The van der Waals surface area contributed by atoms with Gasteiger partial charge in [0.05, 0.1) is 13.7 Å². The number of amides is 1. The fourth-order valence-electron chi connectivity index (χ4n) is 2.49. The largest absolute Gasteiger partial charge is 0.496 e. The van der Waals surface area contributed by atoms with Crippen molar-refractivity contribution in [3.05, 3.63) is 29.8 Å². The molecule has 1 fully saturated rings. The molecule has 19 heavy (non-hydrogen) atoms. The molecule has 0 radical (unpaired) electrons. The molecule has 1 aromatic carbocycles. The molecule has 0 saturated carbocycles. The predicted octanol–water partition coefficient (Wildman–Crippen LogP) is 1.88. The van der Waals surface area contributed by atoms with Crippen LogP contribution in [0.1, 0.15) is 18.7 Å². The second kappa shape index (κ2) is 6.30. The fraction of sp³-hybridized carbons (Fsp3) is 0.500. The quantitative estimate of drug-likeness (QED) is 0.894. The second-order valence-corrected chi connectivity index (χ2v) is 5.54. The molecule has 1 saturated heterocycles. The maximum absolute atomic E-state index is 12.1. The van der Waals surface area contributed by atoms with Gasteiger partial charge in [-0.15, -0.1) is 0 Å². The van der Waals surface area contributed by atoms with Crippen LogP contribution in [-0.2, 0) is 4.79 Å². The average molecular weight is 280 g/mol. The van der Waals surface area contributed by atoms with Gasteiger partial charge in [-0.3, -0.25) is 10.1 Å². The number of carbonyl (C=O) groups is 1. The summed E-state index contributed by atoms with van der Waals surface area (Å²) in [6.07, 6.45) is 1.97. The van der Waals surface area contributed by atoms with E-state index in [1.807, 2.05) is 29.2 Å². The van der Waals surface area contributed by atoms with Crippen molar-refractivity contribution in [1.82, 2.24) is 10.2 Å². The van der Waals surface area contributed by atoms with E-state index < -0.39 is 0 Å². The first-order chi connectivity index (χ1) is 9.19. The van der Waals surface area contributed by atoms with Gasteiger partial charge in [-0.05, 0) is 19.2 Å². The summed E-state index contributed by atoms with van der Waals surface area (Å²) in [4.78, 5) is 14.0. The summed E-state index contributed by atoms with van der Waals surface area (Å²) in [5.74, 6) is 1.90. The molecule has 0 aliphatic carbocycles. The van der Waals surface area contributed by atoms with Crippen LogP contribution in [0.2, 0.25) is 0 Å². The normalized spacial score (nSPS) is 20.7. The van der Waals surface area contributed by atoms with E-state index in [2.05, 4.69) is 18.5 Å². The molecule has 4 nitrogen and oxygen atoms in total. The molecule has 1 heterocycles. The molecule has 1 aromatic rings. The molecule has 5 heteroatoms. The van der Waals surface area contributed by atoms with Crippen LogP contribution in [0.3, 0.4) is 0 Å². The third-order valence-corrected chi connectivity index (χ3v) is 4.14. The van der Waals surface area contributed by atoms with Gasteiger partial charge in [-0.2, -0.15) is 11.8 Å². The minimum atomic E-state index is -0.0919. The topological polar surface area (TPSA) is 41.6 Å². The number of nitrogens with one attached hydrogen (secondary N) is 1. The Kier molecular flexibility index (Phi) is 4.71. The second-order valence-electron chi connectivity index (χ2n) is 4.63. The first kappa shape index (κ1) is 14.2. The van der Waals surface area contributed by atoms with E-state index in [-0.39, 0.29) is 18.1 Å². The van der Waals surface area contributed by atoms with Crippen LogP contribution in [0.25, 0.3) is 0 Å². The number of hydrogen-bond donors (Lipinski definition) is 1. The molecular weight excluding hydrogens is 260 g/mol. The lowest BCUT2D eigenvalue weighted by Gasteiger charge is -2.31. The van der Waals surface area contributed by atoms with Gasteiger partial charge in [0.15, 0.2) is 0 Å². The Morgan fingerprint density at radius 2 is 2.26 bits per heavy atom. The summed E-state index contributed by atoms with van der Waals surface area (Å²) < 4.78 is 5.40. The van der Waals surface area contributed by atoms with Crippen molar-refractivity contribution in [2.24, 2.45) is 0 Å². The van der Waals surface area contributed by atoms with E-state index in [9.17, 15) is 4.79 Å². The first-order valence-corrected chi connectivity index (χ1v) is 7.74. The summed E-state index contributed by atoms with van der Waals surface area (Å²) >= 11 is 1.75. The number of ether oxygens (including phenoxy) is 1. The van der Waals surface area contributed by atoms with Crippen LogP contribution < -0.4 is 10.1 Å². The predicted molar refractivity (Wildman–Crippen MR) is 78.4 cm³/mol. The van der Waals surface area contributed by atoms with Crippen LogP contribution in [-0.4, -0.2) is 42.5 Å². The average Bonchev–Trinajstić information content (AvgIpc) is 2.80. The highest BCUT2D eigenvalue weighted by molar-refractivity contribution is 7.98. The van der Waals surface area contributed by atoms with Crippen molar-refractivity contribution in [2.45, 2.75) is 19.1 Å². The Labute approximate surface area is 118 Å². The summed E-state index contributed by atoms with van der Waals surface area (Å²) in [5.41, 5.74) is 1.02. The van der Waals surface area contributed by atoms with E-state index >= 15 is 0 Å². The van der Waals surface area contributed by atoms with Gasteiger partial charge in [-0.25, -0.2) is 0 Å². The van der Waals surface area contributed by atoms with Crippen molar-refractivity contribution in [3.63, 3.8) is 0 Å². The molecule has 1 aliphatic heterocycles. The lowest BCUT2D eigenvalue weighted by Crippen LogP contribution is -2.39. The summed E-state index contributed by atoms with van der Waals surface area (Å²) in [7, 11) is 1.66. The van der Waals surface area contributed by atoms with E-state index in [0.29, 0.717) is 6.54 Å². The fourth-order valence-corrected chi connectivity index (χ4v) is 3.13. The monoisotopic (exact) mass is 280 g/mol. The zero-order chi connectivity index (χ0) is 13.8. The Balaban J connectivity index is 2.29. The number of rotatable bonds is 5. The number of nitrogens with zero attached hydrogens (tertiary/aromatic N) is 1. The van der Waals surface area contributed by atoms with E-state index in [1.165, 1.54) is 0 Å². The molecule has 1 N–H and O–H groups in total. The van der Waals surface area contributed by atoms with Crippen molar-refractivity contribution in [1.29, 1.82) is 0 Å². The number of carbonyl (C=O) groups excluding carboxylic acids is 1. The molecule has 2 unspecified atom stereocenters. The lowest BCUT2D eigenvalue weighted by atomic mass is 10.1. The van der Waals surface area contributed by atoms with Crippen LogP contribution in [0.4, 0.5) is 0 Å².